The molecule has 1 fully saturated rings. The minimum Gasteiger partial charge on any atom is -0.481 e. The Balaban J connectivity index is 1.91. The number of thioether (sulfide) groups is 1. The van der Waals surface area contributed by atoms with E-state index in [1.165, 1.54) is 0 Å². The summed E-state index contributed by atoms with van der Waals surface area (Å²) in [5.74, 6) is -0.938. The fourth-order valence-corrected chi connectivity index (χ4v) is 3.96. The van der Waals surface area contributed by atoms with Crippen molar-refractivity contribution in [3.05, 3.63) is 30.6 Å². The molecule has 1 N–H and O–H groups in total. The molecule has 1 aromatic heterocycles. The molecular weight excluding hydrogens is 260 g/mol. The van der Waals surface area contributed by atoms with Crippen LogP contribution in [-0.2, 0) is 4.79 Å². The fourth-order valence-electron chi connectivity index (χ4n) is 2.57. The second-order valence-electron chi connectivity index (χ2n) is 4.73. The van der Waals surface area contributed by atoms with E-state index in [1.54, 1.807) is 18.1 Å². The highest BCUT2D eigenvalue weighted by molar-refractivity contribution is 8.00. The summed E-state index contributed by atoms with van der Waals surface area (Å²) in [5, 5.41) is 11.2. The van der Waals surface area contributed by atoms with Gasteiger partial charge in [-0.1, -0.05) is 24.6 Å². The van der Waals surface area contributed by atoms with Crippen LogP contribution < -0.4 is 0 Å². The van der Waals surface area contributed by atoms with Gasteiger partial charge in [-0.15, -0.1) is 11.8 Å². The van der Waals surface area contributed by atoms with Crippen molar-refractivity contribution in [3.63, 3.8) is 0 Å². The number of carboxylic acids is 1. The standard InChI is InChI=1S/C14H14N2O2S/c17-14(18)10-5-3-7-12(10)19-13-9-4-1-2-6-11(9)15-8-16-13/h1-2,4,6,8,10,12H,3,5,7H2,(H,17,18). The molecule has 0 aliphatic heterocycles. The van der Waals surface area contributed by atoms with E-state index in [4.69, 9.17) is 0 Å². The largest absolute Gasteiger partial charge is 0.481 e. The normalized spacial score (nSPS) is 22.7. The Morgan fingerprint density at radius 2 is 2.11 bits per heavy atom. The molecule has 3 rings (SSSR count). The van der Waals surface area contributed by atoms with E-state index in [1.807, 2.05) is 24.3 Å². The van der Waals surface area contributed by atoms with Crippen LogP contribution in [0.5, 0.6) is 0 Å². The number of aromatic nitrogens is 2. The predicted molar refractivity (Wildman–Crippen MR) is 74.2 cm³/mol. The number of benzene rings is 1. The SMILES string of the molecule is O=C(O)C1CCCC1Sc1ncnc2ccccc12. The van der Waals surface area contributed by atoms with Crippen molar-refractivity contribution >= 4 is 28.6 Å². The first-order valence-electron chi connectivity index (χ1n) is 6.35. The molecule has 0 amide bonds. The molecular formula is C14H14N2O2S. The Kier molecular flexibility index (Phi) is 3.38. The lowest BCUT2D eigenvalue weighted by molar-refractivity contribution is -0.141. The van der Waals surface area contributed by atoms with E-state index in [-0.39, 0.29) is 11.2 Å². The lowest BCUT2D eigenvalue weighted by Crippen LogP contribution is -2.20. The molecule has 1 aromatic carbocycles. The molecule has 1 saturated carbocycles. The highest BCUT2D eigenvalue weighted by Gasteiger charge is 2.34. The van der Waals surface area contributed by atoms with Gasteiger partial charge in [0.15, 0.2) is 0 Å². The van der Waals surface area contributed by atoms with Gasteiger partial charge in [-0.2, -0.15) is 0 Å². The fraction of sp³-hybridized carbons (Fsp3) is 0.357. The number of hydrogen-bond acceptors (Lipinski definition) is 4. The lowest BCUT2D eigenvalue weighted by atomic mass is 10.1. The third-order valence-corrected chi connectivity index (χ3v) is 4.95. The number of fused-ring (bicyclic) bond motifs is 1. The molecule has 1 aliphatic rings. The molecule has 0 bridgehead atoms. The molecule has 1 aliphatic carbocycles. The first-order valence-corrected chi connectivity index (χ1v) is 7.23. The number of rotatable bonds is 3. The van der Waals surface area contributed by atoms with Crippen LogP contribution in [0.4, 0.5) is 0 Å². The molecule has 19 heavy (non-hydrogen) atoms. The summed E-state index contributed by atoms with van der Waals surface area (Å²) in [6.07, 6.45) is 4.25. The Morgan fingerprint density at radius 3 is 2.95 bits per heavy atom. The van der Waals surface area contributed by atoms with Crippen LogP contribution in [0.15, 0.2) is 35.6 Å². The van der Waals surface area contributed by atoms with Crippen LogP contribution in [0.25, 0.3) is 10.9 Å². The summed E-state index contributed by atoms with van der Waals surface area (Å²) in [7, 11) is 0. The third kappa shape index (κ3) is 2.42. The van der Waals surface area contributed by atoms with E-state index in [9.17, 15) is 9.90 Å². The van der Waals surface area contributed by atoms with Crippen LogP contribution in [0.1, 0.15) is 19.3 Å². The topological polar surface area (TPSA) is 63.1 Å². The van der Waals surface area contributed by atoms with Crippen LogP contribution in [0.2, 0.25) is 0 Å². The predicted octanol–water partition coefficient (Wildman–Crippen LogP) is 2.98. The maximum Gasteiger partial charge on any atom is 0.307 e. The number of para-hydroxylation sites is 1. The molecule has 2 aromatic rings. The van der Waals surface area contributed by atoms with Crippen molar-refractivity contribution in [3.8, 4) is 0 Å². The monoisotopic (exact) mass is 274 g/mol. The zero-order valence-corrected chi connectivity index (χ0v) is 11.1. The summed E-state index contributed by atoms with van der Waals surface area (Å²) in [5.41, 5.74) is 0.907. The van der Waals surface area contributed by atoms with Crippen LogP contribution in [0, 0.1) is 5.92 Å². The van der Waals surface area contributed by atoms with Crippen LogP contribution in [-0.4, -0.2) is 26.3 Å². The Hall–Kier alpha value is -1.62. The summed E-state index contributed by atoms with van der Waals surface area (Å²) in [6, 6.07) is 7.84. The van der Waals surface area contributed by atoms with E-state index < -0.39 is 5.97 Å². The van der Waals surface area contributed by atoms with Crippen LogP contribution >= 0.6 is 11.8 Å². The van der Waals surface area contributed by atoms with Gasteiger partial charge in [-0.3, -0.25) is 4.79 Å². The van der Waals surface area contributed by atoms with Gasteiger partial charge in [0, 0.05) is 10.6 Å². The zero-order valence-electron chi connectivity index (χ0n) is 10.3. The maximum absolute atomic E-state index is 11.2. The average molecular weight is 274 g/mol. The van der Waals surface area contributed by atoms with Gasteiger partial charge >= 0.3 is 5.97 Å². The average Bonchev–Trinajstić information content (AvgIpc) is 2.87. The second-order valence-corrected chi connectivity index (χ2v) is 5.96. The molecule has 0 saturated heterocycles. The lowest BCUT2D eigenvalue weighted by Gasteiger charge is -2.15. The number of hydrogen-bond donors (Lipinski definition) is 1. The third-order valence-electron chi connectivity index (χ3n) is 3.54. The maximum atomic E-state index is 11.2. The zero-order chi connectivity index (χ0) is 13.2. The highest BCUT2D eigenvalue weighted by Crippen LogP contribution is 2.40. The van der Waals surface area contributed by atoms with Crippen molar-refractivity contribution in [2.24, 2.45) is 5.92 Å². The van der Waals surface area contributed by atoms with Gasteiger partial charge < -0.3 is 5.11 Å². The second kappa shape index (κ2) is 5.17. The van der Waals surface area contributed by atoms with Gasteiger partial charge in [0.05, 0.1) is 11.4 Å². The van der Waals surface area contributed by atoms with Gasteiger partial charge in [-0.25, -0.2) is 9.97 Å². The Bertz CT molecular complexity index is 612. The highest BCUT2D eigenvalue weighted by atomic mass is 32.2. The minimum atomic E-state index is -0.687. The molecule has 0 radical (unpaired) electrons. The van der Waals surface area contributed by atoms with E-state index in [2.05, 4.69) is 9.97 Å². The Labute approximate surface area is 115 Å². The molecule has 5 heteroatoms. The van der Waals surface area contributed by atoms with Crippen molar-refractivity contribution in [1.29, 1.82) is 0 Å². The van der Waals surface area contributed by atoms with Gasteiger partial charge in [0.2, 0.25) is 0 Å². The first-order chi connectivity index (χ1) is 9.25. The molecule has 1 heterocycles. The van der Waals surface area contributed by atoms with Crippen LogP contribution in [0.3, 0.4) is 0 Å². The van der Waals surface area contributed by atoms with Crippen molar-refractivity contribution in [2.75, 3.05) is 0 Å². The van der Waals surface area contributed by atoms with Gasteiger partial charge in [0.25, 0.3) is 0 Å². The van der Waals surface area contributed by atoms with Crippen molar-refractivity contribution in [1.82, 2.24) is 9.97 Å². The molecule has 2 atom stereocenters. The molecule has 2 unspecified atom stereocenters. The summed E-state index contributed by atoms with van der Waals surface area (Å²) in [4.78, 5) is 19.8. The summed E-state index contributed by atoms with van der Waals surface area (Å²) in [6.45, 7) is 0. The van der Waals surface area contributed by atoms with E-state index >= 15 is 0 Å². The number of carbonyl (C=O) groups is 1. The smallest absolute Gasteiger partial charge is 0.307 e. The van der Waals surface area contributed by atoms with Gasteiger partial charge in [-0.05, 0) is 18.9 Å². The number of nitrogens with zero attached hydrogens (tertiary/aromatic N) is 2. The summed E-state index contributed by atoms with van der Waals surface area (Å²) >= 11 is 1.59. The van der Waals surface area contributed by atoms with Crippen molar-refractivity contribution in [2.45, 2.75) is 29.5 Å². The molecule has 0 spiro atoms. The minimum absolute atomic E-state index is 0.121. The summed E-state index contributed by atoms with van der Waals surface area (Å²) < 4.78 is 0. The molecule has 4 nitrogen and oxygen atoms in total. The Morgan fingerprint density at radius 1 is 1.26 bits per heavy atom. The number of aliphatic carboxylic acids is 1. The molecule has 98 valence electrons. The first kappa shape index (κ1) is 12.4. The number of carboxylic acid groups (broad SMARTS) is 1. The quantitative estimate of drug-likeness (QED) is 0.872. The van der Waals surface area contributed by atoms with E-state index in [0.29, 0.717) is 0 Å². The van der Waals surface area contributed by atoms with E-state index in [0.717, 1.165) is 35.2 Å². The van der Waals surface area contributed by atoms with Crippen molar-refractivity contribution < 1.29 is 9.90 Å². The van der Waals surface area contributed by atoms with Gasteiger partial charge in [0.1, 0.15) is 11.4 Å².